The number of amides is 1. The van der Waals surface area contributed by atoms with Gasteiger partial charge >= 0.3 is 0 Å². The van der Waals surface area contributed by atoms with Crippen LogP contribution in [-0.2, 0) is 6.54 Å². The van der Waals surface area contributed by atoms with Crippen molar-refractivity contribution in [3.8, 4) is 0 Å². The van der Waals surface area contributed by atoms with Gasteiger partial charge in [0.1, 0.15) is 5.82 Å². The monoisotopic (exact) mass is 358 g/mol. The molecule has 5 heteroatoms. The van der Waals surface area contributed by atoms with Crippen LogP contribution in [0.25, 0.3) is 0 Å². The van der Waals surface area contributed by atoms with Crippen LogP contribution in [-0.4, -0.2) is 35.4 Å². The summed E-state index contributed by atoms with van der Waals surface area (Å²) in [6.45, 7) is 6.74. The normalized spacial score (nSPS) is 15.2. The number of thioether (sulfide) groups is 1. The third-order valence-electron chi connectivity index (χ3n) is 4.49. The van der Waals surface area contributed by atoms with E-state index >= 15 is 0 Å². The van der Waals surface area contributed by atoms with Crippen molar-refractivity contribution < 1.29 is 9.18 Å². The molecule has 0 aliphatic carbocycles. The summed E-state index contributed by atoms with van der Waals surface area (Å²) in [6.07, 6.45) is 0. The zero-order chi connectivity index (χ0) is 17.8. The van der Waals surface area contributed by atoms with Crippen LogP contribution in [0.2, 0.25) is 0 Å². The van der Waals surface area contributed by atoms with E-state index in [2.05, 4.69) is 16.3 Å². The number of halogens is 1. The van der Waals surface area contributed by atoms with E-state index in [4.69, 9.17) is 0 Å². The number of carbonyl (C=O) groups excluding carboxylic acids is 1. The number of nitrogens with one attached hydrogen (secondary N) is 1. The second kappa shape index (κ2) is 8.02. The molecule has 132 valence electrons. The van der Waals surface area contributed by atoms with Crippen molar-refractivity contribution in [2.75, 3.05) is 29.9 Å². The highest BCUT2D eigenvalue weighted by Gasteiger charge is 2.13. The lowest BCUT2D eigenvalue weighted by molar-refractivity contribution is 0.102. The summed E-state index contributed by atoms with van der Waals surface area (Å²) in [5.41, 5.74) is 3.84. The minimum atomic E-state index is -0.360. The number of hydrogen-bond donors (Lipinski definition) is 1. The van der Waals surface area contributed by atoms with Gasteiger partial charge in [-0.3, -0.25) is 9.69 Å². The molecule has 1 heterocycles. The number of rotatable bonds is 4. The Morgan fingerprint density at radius 1 is 1.12 bits per heavy atom. The lowest BCUT2D eigenvalue weighted by atomic mass is 10.1. The van der Waals surface area contributed by atoms with Crippen molar-refractivity contribution in [1.29, 1.82) is 0 Å². The van der Waals surface area contributed by atoms with Crippen LogP contribution in [0.4, 0.5) is 10.1 Å². The van der Waals surface area contributed by atoms with Crippen LogP contribution < -0.4 is 5.32 Å². The maximum absolute atomic E-state index is 13.7. The van der Waals surface area contributed by atoms with E-state index in [1.807, 2.05) is 30.8 Å². The average molecular weight is 358 g/mol. The minimum Gasteiger partial charge on any atom is -0.322 e. The van der Waals surface area contributed by atoms with Gasteiger partial charge in [-0.25, -0.2) is 4.39 Å². The van der Waals surface area contributed by atoms with Gasteiger partial charge in [-0.05, 0) is 48.7 Å². The number of carbonyl (C=O) groups is 1. The molecule has 0 saturated carbocycles. The standard InChI is InChI=1S/C20H23FN2OS/c1-14-4-6-17(12-18(14)21)20(24)22-19-11-16(5-3-15(19)2)13-23-7-9-25-10-8-23/h3-6,11-12H,7-10,13H2,1-2H3,(H,22,24). The molecule has 2 aromatic rings. The lowest BCUT2D eigenvalue weighted by Gasteiger charge is -2.26. The van der Waals surface area contributed by atoms with Gasteiger partial charge < -0.3 is 5.32 Å². The topological polar surface area (TPSA) is 32.3 Å². The van der Waals surface area contributed by atoms with Gasteiger partial charge in [0, 0.05) is 42.4 Å². The summed E-state index contributed by atoms with van der Waals surface area (Å²) >= 11 is 1.99. The smallest absolute Gasteiger partial charge is 0.255 e. The van der Waals surface area contributed by atoms with E-state index in [9.17, 15) is 9.18 Å². The Morgan fingerprint density at radius 3 is 2.56 bits per heavy atom. The molecule has 0 atom stereocenters. The Balaban J connectivity index is 1.73. The fourth-order valence-electron chi connectivity index (χ4n) is 2.85. The molecule has 3 rings (SSSR count). The van der Waals surface area contributed by atoms with Gasteiger partial charge in [-0.2, -0.15) is 11.8 Å². The molecule has 1 saturated heterocycles. The van der Waals surface area contributed by atoms with Crippen LogP contribution >= 0.6 is 11.8 Å². The van der Waals surface area contributed by atoms with Crippen LogP contribution in [0.3, 0.4) is 0 Å². The number of hydrogen-bond acceptors (Lipinski definition) is 3. The Morgan fingerprint density at radius 2 is 1.84 bits per heavy atom. The highest BCUT2D eigenvalue weighted by atomic mass is 32.2. The maximum atomic E-state index is 13.7. The lowest BCUT2D eigenvalue weighted by Crippen LogP contribution is -2.32. The first-order valence-electron chi connectivity index (χ1n) is 8.50. The quantitative estimate of drug-likeness (QED) is 0.887. The molecule has 1 aliphatic rings. The molecule has 0 unspecified atom stereocenters. The highest BCUT2D eigenvalue weighted by Crippen LogP contribution is 2.21. The summed E-state index contributed by atoms with van der Waals surface area (Å²) in [6, 6.07) is 10.7. The van der Waals surface area contributed by atoms with Crippen LogP contribution in [0, 0.1) is 19.7 Å². The highest BCUT2D eigenvalue weighted by molar-refractivity contribution is 7.99. The molecular weight excluding hydrogens is 335 g/mol. The first-order chi connectivity index (χ1) is 12.0. The van der Waals surface area contributed by atoms with Gasteiger partial charge in [0.05, 0.1) is 0 Å². The van der Waals surface area contributed by atoms with E-state index < -0.39 is 0 Å². The number of aryl methyl sites for hydroxylation is 2. The Labute approximate surface area is 152 Å². The van der Waals surface area contributed by atoms with Gasteiger partial charge in [-0.1, -0.05) is 18.2 Å². The summed E-state index contributed by atoms with van der Waals surface area (Å²) in [5, 5.41) is 2.92. The molecular formula is C20H23FN2OS. The van der Waals surface area contributed by atoms with Crippen LogP contribution in [0.1, 0.15) is 27.0 Å². The summed E-state index contributed by atoms with van der Waals surface area (Å²) in [5.74, 6) is 1.71. The number of benzene rings is 2. The Bertz CT molecular complexity index is 772. The molecule has 2 aromatic carbocycles. The minimum absolute atomic E-state index is 0.284. The second-order valence-electron chi connectivity index (χ2n) is 6.46. The van der Waals surface area contributed by atoms with Crippen LogP contribution in [0.5, 0.6) is 0 Å². The molecule has 1 amide bonds. The van der Waals surface area contributed by atoms with E-state index in [1.165, 1.54) is 23.1 Å². The van der Waals surface area contributed by atoms with Crippen LogP contribution in [0.15, 0.2) is 36.4 Å². The maximum Gasteiger partial charge on any atom is 0.255 e. The first kappa shape index (κ1) is 18.0. The van der Waals surface area contributed by atoms with E-state index in [1.54, 1.807) is 19.1 Å². The fraction of sp³-hybridized carbons (Fsp3) is 0.350. The Hall–Kier alpha value is -1.85. The van der Waals surface area contributed by atoms with Gasteiger partial charge in [0.25, 0.3) is 5.91 Å². The van der Waals surface area contributed by atoms with Crippen molar-refractivity contribution in [3.05, 3.63) is 64.5 Å². The Kier molecular flexibility index (Phi) is 5.76. The number of nitrogens with zero attached hydrogens (tertiary/aromatic N) is 1. The second-order valence-corrected chi connectivity index (χ2v) is 7.68. The SMILES string of the molecule is Cc1ccc(C(=O)Nc2cc(CN3CCSCC3)ccc2C)cc1F. The third-order valence-corrected chi connectivity index (χ3v) is 5.44. The van der Waals surface area contributed by atoms with Crippen molar-refractivity contribution >= 4 is 23.4 Å². The number of anilines is 1. The summed E-state index contributed by atoms with van der Waals surface area (Å²) in [7, 11) is 0. The van der Waals surface area contributed by atoms with E-state index in [0.29, 0.717) is 11.1 Å². The molecule has 3 nitrogen and oxygen atoms in total. The van der Waals surface area contributed by atoms with Gasteiger partial charge in [0.2, 0.25) is 0 Å². The largest absolute Gasteiger partial charge is 0.322 e. The van der Waals surface area contributed by atoms with Crippen molar-refractivity contribution in [3.63, 3.8) is 0 Å². The molecule has 1 aliphatic heterocycles. The van der Waals surface area contributed by atoms with E-state index in [-0.39, 0.29) is 11.7 Å². The van der Waals surface area contributed by atoms with Crippen molar-refractivity contribution in [2.24, 2.45) is 0 Å². The van der Waals surface area contributed by atoms with E-state index in [0.717, 1.165) is 30.9 Å². The summed E-state index contributed by atoms with van der Waals surface area (Å²) < 4.78 is 13.7. The molecule has 1 fully saturated rings. The zero-order valence-electron chi connectivity index (χ0n) is 14.6. The summed E-state index contributed by atoms with van der Waals surface area (Å²) in [4.78, 5) is 14.9. The molecule has 1 N–H and O–H groups in total. The molecule has 0 aromatic heterocycles. The van der Waals surface area contributed by atoms with Gasteiger partial charge in [-0.15, -0.1) is 0 Å². The zero-order valence-corrected chi connectivity index (χ0v) is 15.5. The molecule has 0 bridgehead atoms. The van der Waals surface area contributed by atoms with Crippen molar-refractivity contribution in [1.82, 2.24) is 4.90 Å². The average Bonchev–Trinajstić information content (AvgIpc) is 2.61. The fourth-order valence-corrected chi connectivity index (χ4v) is 3.83. The van der Waals surface area contributed by atoms with Gasteiger partial charge in [0.15, 0.2) is 0 Å². The van der Waals surface area contributed by atoms with Crippen molar-refractivity contribution in [2.45, 2.75) is 20.4 Å². The third kappa shape index (κ3) is 4.61. The molecule has 0 radical (unpaired) electrons. The predicted molar refractivity (Wildman–Crippen MR) is 103 cm³/mol. The first-order valence-corrected chi connectivity index (χ1v) is 9.65. The molecule has 0 spiro atoms. The molecule has 25 heavy (non-hydrogen) atoms. The predicted octanol–water partition coefficient (Wildman–Crippen LogP) is 4.24.